The van der Waals surface area contributed by atoms with Crippen LogP contribution in [-0.2, 0) is 4.79 Å². The minimum atomic E-state index is -0.782. The van der Waals surface area contributed by atoms with Crippen LogP contribution in [0, 0.1) is 0 Å². The first kappa shape index (κ1) is 9.98. The number of thiazole rings is 1. The average Bonchev–Trinajstić information content (AvgIpc) is 2.53. The third kappa shape index (κ3) is 2.69. The molecule has 1 unspecified atom stereocenters. The predicted octanol–water partition coefficient (Wildman–Crippen LogP) is 1.44. The molecule has 4 nitrogen and oxygen atoms in total. The Morgan fingerprint density at radius 3 is 3.00 bits per heavy atom. The predicted molar refractivity (Wildman–Crippen MR) is 52.2 cm³/mol. The molecule has 0 aromatic carbocycles. The van der Waals surface area contributed by atoms with E-state index in [0.29, 0.717) is 0 Å². The lowest BCUT2D eigenvalue weighted by Gasteiger charge is -2.22. The molecule has 5 heteroatoms. The molecule has 0 spiro atoms. The first-order valence-electron chi connectivity index (χ1n) is 3.95. The van der Waals surface area contributed by atoms with Gasteiger partial charge in [0.2, 0.25) is 0 Å². The van der Waals surface area contributed by atoms with Crippen LogP contribution in [0.4, 0.5) is 5.13 Å². The van der Waals surface area contributed by atoms with E-state index in [9.17, 15) is 4.79 Å². The Bertz CT molecular complexity index is 274. The standard InChI is InChI=1S/C8H12N2O2S/c1-6(5-7(11)12)10(2)8-9-3-4-13-8/h3-4,6H,5H2,1-2H3,(H,11,12). The van der Waals surface area contributed by atoms with Gasteiger partial charge in [-0.15, -0.1) is 11.3 Å². The van der Waals surface area contributed by atoms with E-state index in [1.54, 1.807) is 6.20 Å². The van der Waals surface area contributed by atoms with E-state index in [1.807, 2.05) is 24.3 Å². The van der Waals surface area contributed by atoms with Crippen molar-refractivity contribution in [2.24, 2.45) is 0 Å². The molecule has 0 radical (unpaired) electrons. The highest BCUT2D eigenvalue weighted by molar-refractivity contribution is 7.13. The summed E-state index contributed by atoms with van der Waals surface area (Å²) in [6.45, 7) is 1.87. The molecule has 0 fully saturated rings. The lowest BCUT2D eigenvalue weighted by molar-refractivity contribution is -0.137. The van der Waals surface area contributed by atoms with Gasteiger partial charge >= 0.3 is 5.97 Å². The Labute approximate surface area is 80.8 Å². The Balaban J connectivity index is 2.57. The van der Waals surface area contributed by atoms with E-state index in [2.05, 4.69) is 4.98 Å². The molecule has 0 bridgehead atoms. The van der Waals surface area contributed by atoms with Crippen LogP contribution in [-0.4, -0.2) is 29.1 Å². The van der Waals surface area contributed by atoms with Gasteiger partial charge in [-0.1, -0.05) is 0 Å². The van der Waals surface area contributed by atoms with Gasteiger partial charge in [-0.05, 0) is 6.92 Å². The molecule has 0 amide bonds. The van der Waals surface area contributed by atoms with Gasteiger partial charge in [0.25, 0.3) is 0 Å². The highest BCUT2D eigenvalue weighted by atomic mass is 32.1. The van der Waals surface area contributed by atoms with Gasteiger partial charge < -0.3 is 10.0 Å². The van der Waals surface area contributed by atoms with Gasteiger partial charge in [0, 0.05) is 24.7 Å². The molecule has 0 saturated carbocycles. The summed E-state index contributed by atoms with van der Waals surface area (Å²) in [5.41, 5.74) is 0. The van der Waals surface area contributed by atoms with Gasteiger partial charge in [-0.2, -0.15) is 0 Å². The van der Waals surface area contributed by atoms with E-state index < -0.39 is 5.97 Å². The van der Waals surface area contributed by atoms with Crippen molar-refractivity contribution >= 4 is 22.4 Å². The first-order chi connectivity index (χ1) is 6.11. The zero-order chi connectivity index (χ0) is 9.84. The monoisotopic (exact) mass is 200 g/mol. The van der Waals surface area contributed by atoms with Crippen LogP contribution in [0.2, 0.25) is 0 Å². The molecule has 1 aromatic heterocycles. The molecule has 72 valence electrons. The van der Waals surface area contributed by atoms with E-state index in [-0.39, 0.29) is 12.5 Å². The number of anilines is 1. The van der Waals surface area contributed by atoms with Crippen molar-refractivity contribution in [1.29, 1.82) is 0 Å². The first-order valence-corrected chi connectivity index (χ1v) is 4.83. The number of rotatable bonds is 4. The Kier molecular flexibility index (Phi) is 3.25. The number of aliphatic carboxylic acids is 1. The highest BCUT2D eigenvalue weighted by Gasteiger charge is 2.14. The molecule has 1 heterocycles. The van der Waals surface area contributed by atoms with Crippen molar-refractivity contribution in [3.63, 3.8) is 0 Å². The molecule has 1 rings (SSSR count). The Hall–Kier alpha value is -1.10. The lowest BCUT2D eigenvalue weighted by atomic mass is 10.2. The van der Waals surface area contributed by atoms with Crippen LogP contribution in [0.3, 0.4) is 0 Å². The molecule has 1 N–H and O–H groups in total. The zero-order valence-corrected chi connectivity index (χ0v) is 8.41. The number of carbonyl (C=O) groups is 1. The second-order valence-electron chi connectivity index (χ2n) is 2.87. The fraction of sp³-hybridized carbons (Fsp3) is 0.500. The maximum absolute atomic E-state index is 10.4. The van der Waals surface area contributed by atoms with Crippen molar-refractivity contribution < 1.29 is 9.90 Å². The Morgan fingerprint density at radius 2 is 2.54 bits per heavy atom. The normalized spacial score (nSPS) is 12.5. The van der Waals surface area contributed by atoms with Crippen molar-refractivity contribution in [2.45, 2.75) is 19.4 Å². The fourth-order valence-corrected chi connectivity index (χ4v) is 1.68. The number of aromatic nitrogens is 1. The maximum atomic E-state index is 10.4. The van der Waals surface area contributed by atoms with E-state index >= 15 is 0 Å². The van der Waals surface area contributed by atoms with Crippen LogP contribution in [0.15, 0.2) is 11.6 Å². The molecule has 0 aliphatic rings. The van der Waals surface area contributed by atoms with Gasteiger partial charge in [0.1, 0.15) is 0 Å². The molecular formula is C8H12N2O2S. The lowest BCUT2D eigenvalue weighted by Crippen LogP contribution is -2.30. The molecule has 0 saturated heterocycles. The summed E-state index contributed by atoms with van der Waals surface area (Å²) in [5, 5.41) is 11.3. The minimum Gasteiger partial charge on any atom is -0.481 e. The van der Waals surface area contributed by atoms with Crippen LogP contribution >= 0.6 is 11.3 Å². The third-order valence-electron chi connectivity index (χ3n) is 1.85. The summed E-state index contributed by atoms with van der Waals surface area (Å²) < 4.78 is 0. The van der Waals surface area contributed by atoms with Gasteiger partial charge in [0.05, 0.1) is 6.42 Å². The van der Waals surface area contributed by atoms with Crippen LogP contribution in [0.1, 0.15) is 13.3 Å². The van der Waals surface area contributed by atoms with E-state index in [4.69, 9.17) is 5.11 Å². The quantitative estimate of drug-likeness (QED) is 0.799. The zero-order valence-electron chi connectivity index (χ0n) is 7.60. The molecule has 13 heavy (non-hydrogen) atoms. The van der Waals surface area contributed by atoms with Crippen molar-refractivity contribution in [3.8, 4) is 0 Å². The molecule has 0 aliphatic carbocycles. The smallest absolute Gasteiger partial charge is 0.305 e. The van der Waals surface area contributed by atoms with E-state index in [1.165, 1.54) is 11.3 Å². The highest BCUT2D eigenvalue weighted by Crippen LogP contribution is 2.18. The fourth-order valence-electron chi connectivity index (χ4n) is 0.968. The molecule has 0 aliphatic heterocycles. The second-order valence-corrected chi connectivity index (χ2v) is 3.75. The Morgan fingerprint density at radius 1 is 1.85 bits per heavy atom. The van der Waals surface area contributed by atoms with Crippen LogP contribution in [0.25, 0.3) is 0 Å². The van der Waals surface area contributed by atoms with E-state index in [0.717, 1.165) is 5.13 Å². The molecular weight excluding hydrogens is 188 g/mol. The minimum absolute atomic E-state index is 0.0244. The summed E-state index contributed by atoms with van der Waals surface area (Å²) >= 11 is 1.51. The SMILES string of the molecule is CC(CC(=O)O)N(C)c1nccs1. The van der Waals surface area contributed by atoms with Crippen molar-refractivity contribution in [1.82, 2.24) is 4.98 Å². The topological polar surface area (TPSA) is 53.4 Å². The summed E-state index contributed by atoms with van der Waals surface area (Å²) in [4.78, 5) is 16.4. The number of carboxylic acid groups (broad SMARTS) is 1. The van der Waals surface area contributed by atoms with Crippen molar-refractivity contribution in [3.05, 3.63) is 11.6 Å². The van der Waals surface area contributed by atoms with Crippen molar-refractivity contribution in [2.75, 3.05) is 11.9 Å². The molecule has 1 aromatic rings. The summed E-state index contributed by atoms with van der Waals surface area (Å²) in [5.74, 6) is -0.782. The van der Waals surface area contributed by atoms with Gasteiger partial charge in [-0.3, -0.25) is 4.79 Å². The third-order valence-corrected chi connectivity index (χ3v) is 2.71. The largest absolute Gasteiger partial charge is 0.481 e. The average molecular weight is 200 g/mol. The van der Waals surface area contributed by atoms with Gasteiger partial charge in [-0.25, -0.2) is 4.98 Å². The number of hydrogen-bond donors (Lipinski definition) is 1. The summed E-state index contributed by atoms with van der Waals surface area (Å²) in [7, 11) is 1.85. The summed E-state index contributed by atoms with van der Waals surface area (Å²) in [6, 6.07) is -0.0244. The van der Waals surface area contributed by atoms with Crippen LogP contribution in [0.5, 0.6) is 0 Å². The number of carboxylic acids is 1. The summed E-state index contributed by atoms with van der Waals surface area (Å²) in [6.07, 6.45) is 1.85. The second kappa shape index (κ2) is 4.23. The number of nitrogens with zero attached hydrogens (tertiary/aromatic N) is 2. The van der Waals surface area contributed by atoms with Gasteiger partial charge in [0.15, 0.2) is 5.13 Å². The van der Waals surface area contributed by atoms with Crippen LogP contribution < -0.4 is 4.90 Å². The molecule has 1 atom stereocenters. The number of hydrogen-bond acceptors (Lipinski definition) is 4. The maximum Gasteiger partial charge on any atom is 0.305 e.